The fourth-order valence-electron chi connectivity index (χ4n) is 6.94. The molecular weight excluding hydrogens is 395 g/mol. The first-order chi connectivity index (χ1) is 13.5. The number of rotatable bonds is 6. The largest absolute Gasteiger partial charge is 0.491 e. The second-order valence-electron chi connectivity index (χ2n) is 9.95. The van der Waals surface area contributed by atoms with Crippen molar-refractivity contribution in [3.8, 4) is 5.75 Å². The van der Waals surface area contributed by atoms with Crippen molar-refractivity contribution in [3.05, 3.63) is 23.0 Å². The molecular formula is C23H30ClFO2S. The van der Waals surface area contributed by atoms with Crippen molar-refractivity contribution < 1.29 is 14.2 Å². The van der Waals surface area contributed by atoms with Crippen LogP contribution in [-0.2, 0) is 0 Å². The van der Waals surface area contributed by atoms with Crippen LogP contribution in [0.1, 0.15) is 57.8 Å². The topological polar surface area (TPSA) is 29.5 Å². The van der Waals surface area contributed by atoms with Gasteiger partial charge >= 0.3 is 0 Å². The van der Waals surface area contributed by atoms with Crippen LogP contribution in [0.4, 0.5) is 4.39 Å². The molecule has 154 valence electrons. The second-order valence-corrected chi connectivity index (χ2v) is 11.6. The molecule has 6 rings (SSSR count). The molecule has 0 heterocycles. The van der Waals surface area contributed by atoms with E-state index in [0.29, 0.717) is 27.7 Å². The summed E-state index contributed by atoms with van der Waals surface area (Å²) in [5.74, 6) is 3.14. The molecule has 5 aliphatic carbocycles. The lowest BCUT2D eigenvalue weighted by Gasteiger charge is -2.56. The van der Waals surface area contributed by atoms with Crippen LogP contribution in [0.5, 0.6) is 5.75 Å². The molecule has 5 aliphatic rings. The number of hydrogen-bond donors (Lipinski definition) is 1. The second kappa shape index (κ2) is 7.67. The summed E-state index contributed by atoms with van der Waals surface area (Å²) in [6, 6.07) is 3.21. The molecule has 5 heteroatoms. The Labute approximate surface area is 176 Å². The summed E-state index contributed by atoms with van der Waals surface area (Å²) in [7, 11) is 0. The molecule has 0 radical (unpaired) electrons. The van der Waals surface area contributed by atoms with Crippen LogP contribution in [0, 0.1) is 34.9 Å². The molecule has 0 saturated heterocycles. The summed E-state index contributed by atoms with van der Waals surface area (Å²) >= 11 is 8.01. The smallest absolute Gasteiger partial charge is 0.140 e. The van der Waals surface area contributed by atoms with Gasteiger partial charge in [0, 0.05) is 28.2 Å². The van der Waals surface area contributed by atoms with Crippen LogP contribution in [0.3, 0.4) is 0 Å². The van der Waals surface area contributed by atoms with Crippen LogP contribution < -0.4 is 4.74 Å². The van der Waals surface area contributed by atoms with Crippen molar-refractivity contribution in [1.29, 1.82) is 0 Å². The SMILES string of the molecule is OCC1CCCC1Sc1cc(Cl)c(OCC23CC4CC(CC(C4)C2)C3)cc1F. The van der Waals surface area contributed by atoms with Crippen molar-refractivity contribution in [2.75, 3.05) is 13.2 Å². The Hall–Kier alpha value is -0.450. The highest BCUT2D eigenvalue weighted by molar-refractivity contribution is 8.00. The number of aliphatic hydroxyl groups is 1. The van der Waals surface area contributed by atoms with Gasteiger partial charge in [-0.05, 0) is 81.1 Å². The molecule has 1 N–H and O–H groups in total. The molecule has 5 fully saturated rings. The monoisotopic (exact) mass is 424 g/mol. The molecule has 4 bridgehead atoms. The lowest BCUT2D eigenvalue weighted by molar-refractivity contribution is -0.0745. The Kier molecular flexibility index (Phi) is 5.34. The minimum atomic E-state index is -0.251. The van der Waals surface area contributed by atoms with Gasteiger partial charge in [0.05, 0.1) is 11.6 Å². The van der Waals surface area contributed by atoms with E-state index in [-0.39, 0.29) is 23.6 Å². The first-order valence-electron chi connectivity index (χ1n) is 10.9. The third-order valence-electron chi connectivity index (χ3n) is 7.79. The van der Waals surface area contributed by atoms with Gasteiger partial charge in [-0.15, -0.1) is 11.8 Å². The lowest BCUT2D eigenvalue weighted by Crippen LogP contribution is -2.48. The van der Waals surface area contributed by atoms with Gasteiger partial charge in [-0.2, -0.15) is 0 Å². The van der Waals surface area contributed by atoms with Gasteiger partial charge in [0.1, 0.15) is 11.6 Å². The van der Waals surface area contributed by atoms with Crippen molar-refractivity contribution in [1.82, 2.24) is 0 Å². The van der Waals surface area contributed by atoms with E-state index in [0.717, 1.165) is 37.0 Å². The maximum absolute atomic E-state index is 14.8. The third-order valence-corrected chi connectivity index (χ3v) is 9.57. The van der Waals surface area contributed by atoms with Gasteiger partial charge in [0.25, 0.3) is 0 Å². The maximum Gasteiger partial charge on any atom is 0.140 e. The predicted molar refractivity (Wildman–Crippen MR) is 112 cm³/mol. The van der Waals surface area contributed by atoms with E-state index in [4.69, 9.17) is 16.3 Å². The zero-order chi connectivity index (χ0) is 19.3. The molecule has 28 heavy (non-hydrogen) atoms. The van der Waals surface area contributed by atoms with Gasteiger partial charge in [-0.1, -0.05) is 18.0 Å². The van der Waals surface area contributed by atoms with Gasteiger partial charge in [0.15, 0.2) is 0 Å². The Balaban J connectivity index is 1.27. The van der Waals surface area contributed by atoms with E-state index in [9.17, 15) is 9.50 Å². The molecule has 2 nitrogen and oxygen atoms in total. The Morgan fingerprint density at radius 2 is 1.79 bits per heavy atom. The van der Waals surface area contributed by atoms with E-state index in [1.54, 1.807) is 6.07 Å². The summed E-state index contributed by atoms with van der Waals surface area (Å²) in [5, 5.41) is 10.3. The highest BCUT2D eigenvalue weighted by atomic mass is 35.5. The van der Waals surface area contributed by atoms with E-state index in [1.165, 1.54) is 56.4 Å². The minimum absolute atomic E-state index is 0.180. The van der Waals surface area contributed by atoms with E-state index in [1.807, 2.05) is 0 Å². The minimum Gasteiger partial charge on any atom is -0.491 e. The zero-order valence-corrected chi connectivity index (χ0v) is 17.9. The van der Waals surface area contributed by atoms with Crippen molar-refractivity contribution in [3.63, 3.8) is 0 Å². The van der Waals surface area contributed by atoms with Crippen LogP contribution >= 0.6 is 23.4 Å². The summed E-state index contributed by atoms with van der Waals surface area (Å²) in [6.45, 7) is 0.858. The van der Waals surface area contributed by atoms with Crippen LogP contribution in [0.25, 0.3) is 0 Å². The molecule has 0 spiro atoms. The summed E-state index contributed by atoms with van der Waals surface area (Å²) in [5.41, 5.74) is 0.292. The van der Waals surface area contributed by atoms with Gasteiger partial charge in [-0.25, -0.2) is 4.39 Å². The number of halogens is 2. The van der Waals surface area contributed by atoms with Crippen LogP contribution in [-0.4, -0.2) is 23.6 Å². The third kappa shape index (κ3) is 3.70. The molecule has 2 atom stereocenters. The van der Waals surface area contributed by atoms with Gasteiger partial charge in [-0.3, -0.25) is 0 Å². The van der Waals surface area contributed by atoms with Gasteiger partial charge in [0.2, 0.25) is 0 Å². The number of hydrogen-bond acceptors (Lipinski definition) is 3. The van der Waals surface area contributed by atoms with Crippen molar-refractivity contribution in [2.24, 2.45) is 29.1 Å². The quantitative estimate of drug-likeness (QED) is 0.578. The number of ether oxygens (including phenoxy) is 1. The van der Waals surface area contributed by atoms with Crippen LogP contribution in [0.2, 0.25) is 5.02 Å². The van der Waals surface area contributed by atoms with Gasteiger partial charge < -0.3 is 9.84 Å². The number of thioether (sulfide) groups is 1. The summed E-state index contributed by atoms with van der Waals surface area (Å²) in [6.07, 6.45) is 11.2. The molecule has 1 aromatic rings. The Morgan fingerprint density at radius 1 is 1.11 bits per heavy atom. The molecule has 0 amide bonds. The molecule has 2 unspecified atom stereocenters. The first kappa shape index (κ1) is 19.5. The fourth-order valence-corrected chi connectivity index (χ4v) is 8.60. The summed E-state index contributed by atoms with van der Waals surface area (Å²) in [4.78, 5) is 0.581. The van der Waals surface area contributed by atoms with Crippen molar-refractivity contribution >= 4 is 23.4 Å². The Morgan fingerprint density at radius 3 is 2.43 bits per heavy atom. The highest BCUT2D eigenvalue weighted by Crippen LogP contribution is 2.60. The average molecular weight is 425 g/mol. The lowest BCUT2D eigenvalue weighted by atomic mass is 9.50. The first-order valence-corrected chi connectivity index (χ1v) is 12.2. The average Bonchev–Trinajstić information content (AvgIpc) is 3.09. The number of aliphatic hydroxyl groups excluding tert-OH is 1. The molecule has 0 aliphatic heterocycles. The number of benzene rings is 1. The van der Waals surface area contributed by atoms with Crippen LogP contribution in [0.15, 0.2) is 17.0 Å². The summed E-state index contributed by atoms with van der Waals surface area (Å²) < 4.78 is 20.9. The Bertz CT molecular complexity index is 704. The predicted octanol–water partition coefficient (Wildman–Crippen LogP) is 6.33. The fraction of sp³-hybridized carbons (Fsp3) is 0.739. The molecule has 1 aromatic carbocycles. The normalized spacial score (nSPS) is 38.9. The zero-order valence-electron chi connectivity index (χ0n) is 16.3. The standard InChI is InChI=1S/C23H30ClFO2S/c24-18-7-22(28-21-3-1-2-17(21)12-26)19(25)8-20(18)27-13-23-9-14-4-15(10-23)6-16(5-14)11-23/h7-8,14-17,21,26H,1-6,9-13H2. The van der Waals surface area contributed by atoms with E-state index in [2.05, 4.69) is 0 Å². The molecule has 0 aromatic heterocycles. The molecule has 5 saturated carbocycles. The maximum atomic E-state index is 14.8. The van der Waals surface area contributed by atoms with E-state index < -0.39 is 0 Å². The highest BCUT2D eigenvalue weighted by Gasteiger charge is 2.51. The van der Waals surface area contributed by atoms with E-state index >= 15 is 0 Å². The van der Waals surface area contributed by atoms with Crippen molar-refractivity contribution in [2.45, 2.75) is 67.9 Å².